The van der Waals surface area contributed by atoms with Gasteiger partial charge in [-0.05, 0) is 5.57 Å². The van der Waals surface area contributed by atoms with Gasteiger partial charge in [0, 0.05) is 23.1 Å². The molecule has 3 aromatic heterocycles. The van der Waals surface area contributed by atoms with Gasteiger partial charge < -0.3 is 26.1 Å². The number of aromatic nitrogens is 5. The lowest BCUT2D eigenvalue weighted by molar-refractivity contribution is -0.150. The summed E-state index contributed by atoms with van der Waals surface area (Å²) in [6.45, 7) is 0. The van der Waals surface area contributed by atoms with Gasteiger partial charge in [-0.3, -0.25) is 14.5 Å². The van der Waals surface area contributed by atoms with E-state index in [4.69, 9.17) is 10.6 Å². The van der Waals surface area contributed by atoms with Gasteiger partial charge in [-0.15, -0.1) is 40.0 Å². The minimum atomic E-state index is -1.33. The minimum Gasteiger partial charge on any atom is -0.478 e. The van der Waals surface area contributed by atoms with Crippen LogP contribution >= 0.6 is 34.9 Å². The molecule has 2 aliphatic rings. The number of aromatic carboxylic acids is 1. The highest BCUT2D eigenvalue weighted by Crippen LogP contribution is 2.42. The molecule has 0 bridgehead atoms. The van der Waals surface area contributed by atoms with Crippen molar-refractivity contribution in [2.45, 2.75) is 16.4 Å². The van der Waals surface area contributed by atoms with E-state index in [1.165, 1.54) is 41.2 Å². The van der Waals surface area contributed by atoms with Crippen molar-refractivity contribution in [3.05, 3.63) is 40.3 Å². The molecule has 5 N–H and O–H groups in total. The zero-order valence-corrected chi connectivity index (χ0v) is 22.1. The van der Waals surface area contributed by atoms with E-state index in [9.17, 15) is 29.4 Å². The largest absolute Gasteiger partial charge is 0.478 e. The van der Waals surface area contributed by atoms with Crippen LogP contribution in [0.2, 0.25) is 0 Å². The summed E-state index contributed by atoms with van der Waals surface area (Å²) in [7, 11) is 1.25. The van der Waals surface area contributed by atoms with E-state index in [0.29, 0.717) is 11.2 Å². The summed E-state index contributed by atoms with van der Waals surface area (Å²) in [5.41, 5.74) is 5.98. The lowest BCUT2D eigenvalue weighted by Crippen LogP contribution is -2.71. The van der Waals surface area contributed by atoms with Crippen molar-refractivity contribution in [2.75, 3.05) is 24.3 Å². The lowest BCUT2D eigenvalue weighted by atomic mass is 10.0. The standard InChI is InChI=1S/C20H17N9O7S3/c1-36-26-11(9-6-39-20(21)24-9)14(30)25-12-15(31)28-13(19(34)35)7(5-38-17(12)28)4-37-16-8(18(32)33)2-22-10-3-23-27-29(10)16/h2-3,6,12,17H,4-5H2,1H3,(H2,21,24)(H,25,30)(H,32,33)(H,34,35)/t12-,17-/m1/s1. The van der Waals surface area contributed by atoms with Crippen LogP contribution in [0.1, 0.15) is 16.1 Å². The lowest BCUT2D eigenvalue weighted by Gasteiger charge is -2.49. The van der Waals surface area contributed by atoms with E-state index in [2.05, 4.69) is 30.8 Å². The Hall–Kier alpha value is -4.23. The number of nitrogen functional groups attached to an aromatic ring is 1. The van der Waals surface area contributed by atoms with Crippen molar-refractivity contribution in [3.63, 3.8) is 0 Å². The van der Waals surface area contributed by atoms with Gasteiger partial charge >= 0.3 is 11.9 Å². The third kappa shape index (κ3) is 4.74. The number of carboxylic acids is 2. The summed E-state index contributed by atoms with van der Waals surface area (Å²) in [6.07, 6.45) is 2.53. The zero-order valence-electron chi connectivity index (χ0n) is 19.7. The summed E-state index contributed by atoms with van der Waals surface area (Å²) in [6, 6.07) is -1.02. The fourth-order valence-electron chi connectivity index (χ4n) is 3.90. The first-order valence-corrected chi connectivity index (χ1v) is 13.7. The Labute approximate surface area is 230 Å². The molecule has 5 heterocycles. The molecule has 1 saturated heterocycles. The van der Waals surface area contributed by atoms with Crippen molar-refractivity contribution < 1.29 is 34.2 Å². The van der Waals surface area contributed by atoms with E-state index in [1.54, 1.807) is 0 Å². The molecule has 1 fully saturated rings. The number of amides is 2. The molecule has 2 aliphatic heterocycles. The predicted molar refractivity (Wildman–Crippen MR) is 138 cm³/mol. The van der Waals surface area contributed by atoms with Gasteiger partial charge in [0.05, 0.1) is 6.20 Å². The Balaban J connectivity index is 1.36. The molecule has 202 valence electrons. The summed E-state index contributed by atoms with van der Waals surface area (Å²) >= 11 is 3.39. The molecule has 2 atom stereocenters. The molecule has 0 aromatic carbocycles. The molecule has 0 aliphatic carbocycles. The van der Waals surface area contributed by atoms with Gasteiger partial charge in [0.15, 0.2) is 16.5 Å². The minimum absolute atomic E-state index is 0.0529. The van der Waals surface area contributed by atoms with Crippen LogP contribution in [0.25, 0.3) is 5.65 Å². The van der Waals surface area contributed by atoms with Crippen molar-refractivity contribution in [1.82, 2.24) is 35.0 Å². The number of nitrogens with zero attached hydrogens (tertiary/aromatic N) is 7. The van der Waals surface area contributed by atoms with Crippen molar-refractivity contribution in [1.29, 1.82) is 0 Å². The van der Waals surface area contributed by atoms with Gasteiger partial charge in [-0.25, -0.2) is 19.6 Å². The maximum absolute atomic E-state index is 13.1. The van der Waals surface area contributed by atoms with Crippen LogP contribution < -0.4 is 11.1 Å². The average molecular weight is 592 g/mol. The normalized spacial score (nSPS) is 19.1. The van der Waals surface area contributed by atoms with E-state index >= 15 is 0 Å². The predicted octanol–water partition coefficient (Wildman–Crippen LogP) is -0.257. The van der Waals surface area contributed by atoms with Crippen LogP contribution in [-0.4, -0.2) is 99.4 Å². The highest BCUT2D eigenvalue weighted by Gasteiger charge is 2.54. The van der Waals surface area contributed by atoms with Crippen molar-refractivity contribution in [2.24, 2.45) is 5.16 Å². The van der Waals surface area contributed by atoms with Crippen LogP contribution in [0.5, 0.6) is 0 Å². The molecule has 0 radical (unpaired) electrons. The number of hydrogen-bond donors (Lipinski definition) is 4. The van der Waals surface area contributed by atoms with E-state index in [0.717, 1.165) is 28.0 Å². The van der Waals surface area contributed by atoms with Crippen LogP contribution in [0, 0.1) is 0 Å². The third-order valence-corrected chi connectivity index (χ3v) is 8.76. The maximum atomic E-state index is 13.1. The average Bonchev–Trinajstić information content (AvgIpc) is 3.56. The number of thiazole rings is 1. The van der Waals surface area contributed by atoms with Crippen LogP contribution in [0.3, 0.4) is 0 Å². The number of β-lactam (4-membered cyclic amide) rings is 1. The number of nitrogens with two attached hydrogens (primary N) is 1. The number of fused-ring (bicyclic) bond motifs is 2. The van der Waals surface area contributed by atoms with E-state index < -0.39 is 35.2 Å². The van der Waals surface area contributed by atoms with Gasteiger partial charge in [-0.1, -0.05) is 10.4 Å². The second-order valence-corrected chi connectivity index (χ2v) is 10.8. The van der Waals surface area contributed by atoms with Gasteiger partial charge in [0.1, 0.15) is 40.5 Å². The van der Waals surface area contributed by atoms with Crippen LogP contribution in [0.15, 0.2) is 39.2 Å². The Morgan fingerprint density at radius 2 is 2.10 bits per heavy atom. The fraction of sp³-hybridized carbons (Fsp3) is 0.250. The number of nitrogens with one attached hydrogen (secondary N) is 1. The smallest absolute Gasteiger partial charge is 0.352 e. The fourth-order valence-corrected chi connectivity index (χ4v) is 7.02. The molecule has 3 aromatic rings. The Kier molecular flexibility index (Phi) is 7.10. The first-order chi connectivity index (χ1) is 18.7. The second kappa shape index (κ2) is 10.5. The number of anilines is 1. The van der Waals surface area contributed by atoms with E-state index in [1.807, 2.05) is 0 Å². The molecule has 19 heteroatoms. The number of rotatable bonds is 9. The highest BCUT2D eigenvalue weighted by atomic mass is 32.2. The number of carbonyl (C=O) groups is 4. The number of thioether (sulfide) groups is 2. The number of hydrogen-bond acceptors (Lipinski definition) is 14. The highest BCUT2D eigenvalue weighted by molar-refractivity contribution is 8.01. The van der Waals surface area contributed by atoms with Crippen molar-refractivity contribution in [3.8, 4) is 0 Å². The quantitative estimate of drug-likeness (QED) is 0.0827. The first kappa shape index (κ1) is 26.4. The van der Waals surface area contributed by atoms with Crippen molar-refractivity contribution >= 4 is 75.1 Å². The van der Waals surface area contributed by atoms with Crippen LogP contribution in [0.4, 0.5) is 5.13 Å². The zero-order chi connectivity index (χ0) is 27.8. The Bertz CT molecular complexity index is 1580. The van der Waals surface area contributed by atoms with E-state index in [-0.39, 0.29) is 44.3 Å². The summed E-state index contributed by atoms with van der Waals surface area (Å²) in [5, 5.41) is 34.7. The molecule has 2 amide bonds. The number of carboxylic acid groups (broad SMARTS) is 2. The number of carbonyl (C=O) groups excluding carboxylic acids is 2. The van der Waals surface area contributed by atoms with Gasteiger partial charge in [-0.2, -0.15) is 4.52 Å². The summed E-state index contributed by atoms with van der Waals surface area (Å²) in [4.78, 5) is 63.8. The topological polar surface area (TPSA) is 228 Å². The molecule has 16 nitrogen and oxygen atoms in total. The first-order valence-electron chi connectivity index (χ1n) is 10.8. The molecule has 39 heavy (non-hydrogen) atoms. The SMILES string of the molecule is CON=C(C(=O)N[C@@H]1C(=O)N2C(C(=O)O)=C(CSc3c(C(=O)O)cnc4cnnn34)CS[C@H]12)c1csc(N)n1. The summed E-state index contributed by atoms with van der Waals surface area (Å²) < 4.78 is 1.25. The number of aliphatic carboxylic acids is 1. The molecular formula is C20H17N9O7S3. The molecule has 0 unspecified atom stereocenters. The van der Waals surface area contributed by atoms with Gasteiger partial charge in [0.25, 0.3) is 11.8 Å². The monoisotopic (exact) mass is 591 g/mol. The molecule has 5 rings (SSSR count). The Morgan fingerprint density at radius 1 is 1.31 bits per heavy atom. The molecular weight excluding hydrogens is 574 g/mol. The number of oxime groups is 1. The molecule has 0 saturated carbocycles. The summed E-state index contributed by atoms with van der Waals surface area (Å²) in [5.74, 6) is -3.65. The van der Waals surface area contributed by atoms with Gasteiger partial charge in [0.2, 0.25) is 0 Å². The third-order valence-electron chi connectivity index (χ3n) is 5.59. The van der Waals surface area contributed by atoms with Crippen LogP contribution in [-0.2, 0) is 19.2 Å². The maximum Gasteiger partial charge on any atom is 0.352 e. The second-order valence-electron chi connectivity index (χ2n) is 7.89. The molecule has 0 spiro atoms. The Morgan fingerprint density at radius 3 is 2.77 bits per heavy atom.